The van der Waals surface area contributed by atoms with Crippen molar-refractivity contribution in [1.29, 1.82) is 0 Å². The van der Waals surface area contributed by atoms with E-state index in [4.69, 9.17) is 0 Å². The van der Waals surface area contributed by atoms with Gasteiger partial charge in [-0.25, -0.2) is 4.79 Å². The molecule has 1 saturated heterocycles. The Morgan fingerprint density at radius 1 is 1.46 bits per heavy atom. The number of likely N-dealkylation sites (N-methyl/N-ethyl adjacent to an activating group) is 1. The van der Waals surface area contributed by atoms with E-state index in [0.29, 0.717) is 6.42 Å². The molecule has 1 heterocycles. The van der Waals surface area contributed by atoms with Crippen LogP contribution in [0.15, 0.2) is 0 Å². The van der Waals surface area contributed by atoms with E-state index < -0.39 is 0 Å². The molecule has 0 aromatic rings. The Balaban J connectivity index is 2.64. The van der Waals surface area contributed by atoms with Crippen LogP contribution in [-0.2, 0) is 9.59 Å². The van der Waals surface area contributed by atoms with Crippen LogP contribution >= 0.6 is 0 Å². The molecule has 13 heavy (non-hydrogen) atoms. The fraction of sp³-hybridized carbons (Fsp3) is 0.625. The standard InChI is InChI=1S/C8H12N2O3/c1-3-6(11)4-10-7(12)5-9(2)8(10)13/h3-5H2,1-2H3. The van der Waals surface area contributed by atoms with Gasteiger partial charge in [-0.05, 0) is 0 Å². The van der Waals surface area contributed by atoms with Crippen LogP contribution in [0.4, 0.5) is 4.79 Å². The molecule has 1 aliphatic heterocycles. The maximum absolute atomic E-state index is 11.2. The fourth-order valence-electron chi connectivity index (χ4n) is 1.11. The summed E-state index contributed by atoms with van der Waals surface area (Å²) in [5, 5.41) is 0. The van der Waals surface area contributed by atoms with E-state index in [9.17, 15) is 14.4 Å². The van der Waals surface area contributed by atoms with Crippen LogP contribution in [0.1, 0.15) is 13.3 Å². The summed E-state index contributed by atoms with van der Waals surface area (Å²) in [4.78, 5) is 35.7. The van der Waals surface area contributed by atoms with Crippen LogP contribution < -0.4 is 0 Å². The number of Topliss-reactive ketones (excluding diaryl/α,β-unsaturated/α-hetero) is 1. The molecule has 5 nitrogen and oxygen atoms in total. The third kappa shape index (κ3) is 1.85. The van der Waals surface area contributed by atoms with Crippen LogP contribution in [0.25, 0.3) is 0 Å². The van der Waals surface area contributed by atoms with Gasteiger partial charge in [0.15, 0.2) is 5.78 Å². The second-order valence-corrected chi connectivity index (χ2v) is 3.01. The Morgan fingerprint density at radius 2 is 2.08 bits per heavy atom. The first-order chi connectivity index (χ1) is 6.06. The number of carbonyl (C=O) groups excluding carboxylic acids is 3. The van der Waals surface area contributed by atoms with E-state index in [2.05, 4.69) is 0 Å². The summed E-state index contributed by atoms with van der Waals surface area (Å²) in [6, 6.07) is -0.383. The Hall–Kier alpha value is -1.39. The van der Waals surface area contributed by atoms with Crippen LogP contribution in [0.2, 0.25) is 0 Å². The number of amides is 3. The highest BCUT2D eigenvalue weighted by molar-refractivity contribution is 6.04. The predicted molar refractivity (Wildman–Crippen MR) is 45.0 cm³/mol. The third-order valence-electron chi connectivity index (χ3n) is 1.96. The maximum atomic E-state index is 11.2. The minimum atomic E-state index is -0.383. The molecule has 0 unspecified atom stereocenters. The molecule has 0 N–H and O–H groups in total. The highest BCUT2D eigenvalue weighted by Gasteiger charge is 2.34. The van der Waals surface area contributed by atoms with E-state index in [-0.39, 0.29) is 30.8 Å². The molecule has 0 radical (unpaired) electrons. The fourth-order valence-corrected chi connectivity index (χ4v) is 1.11. The lowest BCUT2D eigenvalue weighted by Gasteiger charge is -2.11. The quantitative estimate of drug-likeness (QED) is 0.573. The largest absolute Gasteiger partial charge is 0.327 e. The molecule has 0 bridgehead atoms. The van der Waals surface area contributed by atoms with Crippen molar-refractivity contribution in [2.24, 2.45) is 0 Å². The number of carbonyl (C=O) groups is 3. The first kappa shape index (κ1) is 9.70. The SMILES string of the molecule is CCC(=O)CN1C(=O)CN(C)C1=O. The molecular weight excluding hydrogens is 172 g/mol. The van der Waals surface area contributed by atoms with E-state index in [0.717, 1.165) is 4.90 Å². The highest BCUT2D eigenvalue weighted by Crippen LogP contribution is 2.07. The molecule has 1 fully saturated rings. The Labute approximate surface area is 76.3 Å². The molecule has 0 aromatic carbocycles. The minimum Gasteiger partial charge on any atom is -0.318 e. The number of nitrogens with zero attached hydrogens (tertiary/aromatic N) is 2. The first-order valence-electron chi connectivity index (χ1n) is 4.13. The van der Waals surface area contributed by atoms with Gasteiger partial charge in [0.05, 0.1) is 6.54 Å². The van der Waals surface area contributed by atoms with Gasteiger partial charge in [0, 0.05) is 13.5 Å². The monoisotopic (exact) mass is 184 g/mol. The topological polar surface area (TPSA) is 57.7 Å². The molecule has 1 aliphatic rings. The van der Waals surface area contributed by atoms with Gasteiger partial charge in [-0.15, -0.1) is 0 Å². The summed E-state index contributed by atoms with van der Waals surface area (Å²) < 4.78 is 0. The molecule has 1 rings (SSSR count). The Bertz CT molecular complexity index is 262. The highest BCUT2D eigenvalue weighted by atomic mass is 16.2. The van der Waals surface area contributed by atoms with Crippen molar-refractivity contribution in [3.63, 3.8) is 0 Å². The summed E-state index contributed by atoms with van der Waals surface area (Å²) in [5.41, 5.74) is 0. The smallest absolute Gasteiger partial charge is 0.318 e. The Kier molecular flexibility index (Phi) is 2.65. The number of rotatable bonds is 3. The third-order valence-corrected chi connectivity index (χ3v) is 1.96. The number of imide groups is 1. The number of hydrogen-bond acceptors (Lipinski definition) is 3. The molecule has 72 valence electrons. The molecule has 0 spiro atoms. The van der Waals surface area contributed by atoms with Crippen molar-refractivity contribution >= 4 is 17.7 Å². The van der Waals surface area contributed by atoms with Gasteiger partial charge in [0.2, 0.25) is 0 Å². The molecule has 3 amide bonds. The van der Waals surface area contributed by atoms with E-state index >= 15 is 0 Å². The van der Waals surface area contributed by atoms with Gasteiger partial charge < -0.3 is 4.90 Å². The van der Waals surface area contributed by atoms with Crippen molar-refractivity contribution in [2.75, 3.05) is 20.1 Å². The zero-order valence-electron chi connectivity index (χ0n) is 7.74. The first-order valence-corrected chi connectivity index (χ1v) is 4.13. The van der Waals surface area contributed by atoms with Gasteiger partial charge in [0.25, 0.3) is 5.91 Å². The van der Waals surface area contributed by atoms with Crippen molar-refractivity contribution in [1.82, 2.24) is 9.80 Å². The van der Waals surface area contributed by atoms with Crippen molar-refractivity contribution in [2.45, 2.75) is 13.3 Å². The second-order valence-electron chi connectivity index (χ2n) is 3.01. The van der Waals surface area contributed by atoms with Crippen molar-refractivity contribution in [3.05, 3.63) is 0 Å². The van der Waals surface area contributed by atoms with Crippen molar-refractivity contribution < 1.29 is 14.4 Å². The predicted octanol–water partition coefficient (Wildman–Crippen LogP) is -0.141. The number of ketones is 1. The van der Waals surface area contributed by atoms with Gasteiger partial charge >= 0.3 is 6.03 Å². The second kappa shape index (κ2) is 3.55. The van der Waals surface area contributed by atoms with Gasteiger partial charge in [0.1, 0.15) is 6.54 Å². The normalized spacial score (nSPS) is 17.1. The average Bonchev–Trinajstić information content (AvgIpc) is 2.32. The molecule has 0 aromatic heterocycles. The summed E-state index contributed by atoms with van der Waals surface area (Å²) in [7, 11) is 1.54. The van der Waals surface area contributed by atoms with E-state index in [1.54, 1.807) is 6.92 Å². The molecular formula is C8H12N2O3. The average molecular weight is 184 g/mol. The molecule has 5 heteroatoms. The lowest BCUT2D eigenvalue weighted by Crippen LogP contribution is -2.35. The van der Waals surface area contributed by atoms with Crippen LogP contribution in [0, 0.1) is 0 Å². The number of hydrogen-bond donors (Lipinski definition) is 0. The van der Waals surface area contributed by atoms with E-state index in [1.807, 2.05) is 0 Å². The zero-order valence-corrected chi connectivity index (χ0v) is 7.74. The van der Waals surface area contributed by atoms with Gasteiger partial charge in [-0.3, -0.25) is 14.5 Å². The lowest BCUT2D eigenvalue weighted by molar-refractivity contribution is -0.129. The summed E-state index contributed by atoms with van der Waals surface area (Å²) in [6.07, 6.45) is 0.348. The van der Waals surface area contributed by atoms with Crippen LogP contribution in [0.3, 0.4) is 0 Å². The van der Waals surface area contributed by atoms with Crippen LogP contribution in [0.5, 0.6) is 0 Å². The molecule has 0 aliphatic carbocycles. The van der Waals surface area contributed by atoms with Crippen molar-refractivity contribution in [3.8, 4) is 0 Å². The number of urea groups is 1. The lowest BCUT2D eigenvalue weighted by atomic mass is 10.3. The van der Waals surface area contributed by atoms with E-state index in [1.165, 1.54) is 11.9 Å². The maximum Gasteiger partial charge on any atom is 0.327 e. The minimum absolute atomic E-state index is 0.0792. The summed E-state index contributed by atoms with van der Waals surface area (Å²) >= 11 is 0. The summed E-state index contributed by atoms with van der Waals surface area (Å²) in [5.74, 6) is -0.397. The molecule has 0 saturated carbocycles. The zero-order chi connectivity index (χ0) is 10.0. The van der Waals surface area contributed by atoms with Gasteiger partial charge in [-0.2, -0.15) is 0 Å². The summed E-state index contributed by atoms with van der Waals surface area (Å²) in [6.45, 7) is 1.70. The Morgan fingerprint density at radius 3 is 2.46 bits per heavy atom. The van der Waals surface area contributed by atoms with Gasteiger partial charge in [-0.1, -0.05) is 6.92 Å². The van der Waals surface area contributed by atoms with Crippen LogP contribution in [-0.4, -0.2) is 47.7 Å². The molecule has 0 atom stereocenters.